The zero-order valence-electron chi connectivity index (χ0n) is 12.4. The van der Waals surface area contributed by atoms with Crippen LogP contribution >= 0.6 is 15.9 Å². The third-order valence-electron chi connectivity index (χ3n) is 3.39. The highest BCUT2D eigenvalue weighted by Gasteiger charge is 2.32. The van der Waals surface area contributed by atoms with E-state index in [1.807, 2.05) is 24.3 Å². The number of amides is 2. The second kappa shape index (κ2) is 8.01. The SMILES string of the molecule is O=C(CBr)Cc1ccc(CCC(=O)ON2C(=O)CCC2=O)cc1. The quantitative estimate of drug-likeness (QED) is 0.530. The summed E-state index contributed by atoms with van der Waals surface area (Å²) in [5.74, 6) is -1.48. The van der Waals surface area contributed by atoms with E-state index >= 15 is 0 Å². The number of Topliss-reactive ketones (excluding diaryl/α,β-unsaturated/α-hetero) is 1. The van der Waals surface area contributed by atoms with Crippen LogP contribution in [0.25, 0.3) is 0 Å². The molecule has 1 aromatic carbocycles. The van der Waals surface area contributed by atoms with Crippen LogP contribution in [0.2, 0.25) is 0 Å². The Labute approximate surface area is 141 Å². The minimum atomic E-state index is -0.618. The normalized spacial score (nSPS) is 14.2. The highest BCUT2D eigenvalue weighted by molar-refractivity contribution is 9.09. The molecule has 1 aromatic rings. The molecule has 0 unspecified atom stereocenters. The molecule has 1 aliphatic rings. The molecule has 7 heteroatoms. The average Bonchev–Trinajstić information content (AvgIpc) is 2.86. The van der Waals surface area contributed by atoms with Crippen LogP contribution in [0.4, 0.5) is 0 Å². The van der Waals surface area contributed by atoms with Crippen molar-refractivity contribution in [3.8, 4) is 0 Å². The molecule has 0 aliphatic carbocycles. The lowest BCUT2D eigenvalue weighted by atomic mass is 10.0. The van der Waals surface area contributed by atoms with Crippen molar-refractivity contribution in [2.45, 2.75) is 32.1 Å². The van der Waals surface area contributed by atoms with E-state index in [1.54, 1.807) is 0 Å². The van der Waals surface area contributed by atoms with Crippen molar-refractivity contribution in [2.75, 3.05) is 5.33 Å². The van der Waals surface area contributed by atoms with Gasteiger partial charge in [-0.05, 0) is 17.5 Å². The molecule has 0 bridgehead atoms. The maximum Gasteiger partial charge on any atom is 0.333 e. The monoisotopic (exact) mass is 381 g/mol. The Balaban J connectivity index is 1.81. The summed E-state index contributed by atoms with van der Waals surface area (Å²) in [5.41, 5.74) is 1.82. The number of alkyl halides is 1. The van der Waals surface area contributed by atoms with Gasteiger partial charge in [-0.1, -0.05) is 40.2 Å². The van der Waals surface area contributed by atoms with Crippen molar-refractivity contribution in [3.63, 3.8) is 0 Å². The lowest BCUT2D eigenvalue weighted by Crippen LogP contribution is -2.32. The Hall–Kier alpha value is -2.02. The molecular weight excluding hydrogens is 366 g/mol. The fourth-order valence-electron chi connectivity index (χ4n) is 2.15. The number of hydrogen-bond donors (Lipinski definition) is 0. The van der Waals surface area contributed by atoms with E-state index in [1.165, 1.54) is 0 Å². The first kappa shape index (κ1) is 17.3. The second-order valence-electron chi connectivity index (χ2n) is 5.21. The molecule has 0 aromatic heterocycles. The molecule has 1 heterocycles. The summed E-state index contributed by atoms with van der Waals surface area (Å²) in [6.45, 7) is 0. The standard InChI is InChI=1S/C16H16BrNO5/c17-10-13(19)9-12-3-1-11(2-4-12)5-8-16(22)23-18-14(20)6-7-15(18)21/h1-4H,5-10H2. The molecular formula is C16H16BrNO5. The predicted molar refractivity (Wildman–Crippen MR) is 84.4 cm³/mol. The van der Waals surface area contributed by atoms with Gasteiger partial charge in [0.15, 0.2) is 0 Å². The van der Waals surface area contributed by atoms with Gasteiger partial charge in [0.1, 0.15) is 5.78 Å². The van der Waals surface area contributed by atoms with Gasteiger partial charge in [-0.2, -0.15) is 0 Å². The molecule has 0 radical (unpaired) electrons. The van der Waals surface area contributed by atoms with E-state index in [2.05, 4.69) is 15.9 Å². The topological polar surface area (TPSA) is 80.8 Å². The highest BCUT2D eigenvalue weighted by Crippen LogP contribution is 2.14. The van der Waals surface area contributed by atoms with Gasteiger partial charge in [0.05, 0.1) is 11.8 Å². The molecule has 23 heavy (non-hydrogen) atoms. The van der Waals surface area contributed by atoms with Gasteiger partial charge in [0.25, 0.3) is 11.8 Å². The molecule has 0 saturated carbocycles. The van der Waals surface area contributed by atoms with Crippen LogP contribution in [0.1, 0.15) is 30.4 Å². The van der Waals surface area contributed by atoms with Gasteiger partial charge >= 0.3 is 5.97 Å². The molecule has 122 valence electrons. The molecule has 6 nitrogen and oxygen atoms in total. The van der Waals surface area contributed by atoms with Crippen LogP contribution in [0, 0.1) is 0 Å². The predicted octanol–water partition coefficient (Wildman–Crippen LogP) is 1.73. The highest BCUT2D eigenvalue weighted by atomic mass is 79.9. The number of nitrogens with zero attached hydrogens (tertiary/aromatic N) is 1. The molecule has 1 saturated heterocycles. The number of imide groups is 1. The molecule has 0 spiro atoms. The maximum absolute atomic E-state index is 11.7. The first-order valence-electron chi connectivity index (χ1n) is 7.21. The Morgan fingerprint density at radius 3 is 2.17 bits per heavy atom. The number of hydroxylamine groups is 2. The van der Waals surface area contributed by atoms with Crippen molar-refractivity contribution in [1.82, 2.24) is 5.06 Å². The number of carbonyl (C=O) groups is 4. The molecule has 2 rings (SSSR count). The van der Waals surface area contributed by atoms with Crippen molar-refractivity contribution < 1.29 is 24.0 Å². The van der Waals surface area contributed by atoms with Gasteiger partial charge in [0, 0.05) is 19.3 Å². The van der Waals surface area contributed by atoms with Crippen LogP contribution < -0.4 is 0 Å². The summed E-state index contributed by atoms with van der Waals surface area (Å²) in [7, 11) is 0. The largest absolute Gasteiger partial charge is 0.333 e. The fraction of sp³-hybridized carbons (Fsp3) is 0.375. The minimum Gasteiger partial charge on any atom is -0.330 e. The van der Waals surface area contributed by atoms with Crippen LogP contribution in [0.3, 0.4) is 0 Å². The van der Waals surface area contributed by atoms with E-state index in [0.717, 1.165) is 11.1 Å². The van der Waals surface area contributed by atoms with E-state index in [4.69, 9.17) is 4.84 Å². The summed E-state index contributed by atoms with van der Waals surface area (Å²) in [4.78, 5) is 50.5. The molecule has 0 N–H and O–H groups in total. The Morgan fingerprint density at radius 1 is 1.04 bits per heavy atom. The van der Waals surface area contributed by atoms with Crippen molar-refractivity contribution in [3.05, 3.63) is 35.4 Å². The smallest absolute Gasteiger partial charge is 0.330 e. The number of ketones is 1. The maximum atomic E-state index is 11.7. The van der Waals surface area contributed by atoms with E-state index in [-0.39, 0.29) is 25.0 Å². The van der Waals surface area contributed by atoms with Gasteiger partial charge in [-0.3, -0.25) is 14.4 Å². The zero-order chi connectivity index (χ0) is 16.8. The summed E-state index contributed by atoms with van der Waals surface area (Å²) in [5, 5.41) is 0.881. The van der Waals surface area contributed by atoms with Crippen LogP contribution in [-0.4, -0.2) is 34.0 Å². The van der Waals surface area contributed by atoms with Crippen LogP contribution in [0.5, 0.6) is 0 Å². The first-order chi connectivity index (χ1) is 11.0. The molecule has 1 aliphatic heterocycles. The lowest BCUT2D eigenvalue weighted by molar-refractivity contribution is -0.197. The molecule has 1 fully saturated rings. The Bertz CT molecular complexity index is 610. The number of aryl methyl sites for hydroxylation is 1. The van der Waals surface area contributed by atoms with Crippen molar-refractivity contribution in [1.29, 1.82) is 0 Å². The third-order valence-corrected chi connectivity index (χ3v) is 4.02. The summed E-state index contributed by atoms with van der Waals surface area (Å²) >= 11 is 3.12. The van der Waals surface area contributed by atoms with E-state index in [0.29, 0.717) is 23.2 Å². The van der Waals surface area contributed by atoms with Crippen molar-refractivity contribution in [2.24, 2.45) is 0 Å². The van der Waals surface area contributed by atoms with Crippen LogP contribution in [0.15, 0.2) is 24.3 Å². The van der Waals surface area contributed by atoms with Gasteiger partial charge in [0.2, 0.25) is 0 Å². The fourth-order valence-corrected chi connectivity index (χ4v) is 2.35. The summed E-state index contributed by atoms with van der Waals surface area (Å²) < 4.78 is 0. The van der Waals surface area contributed by atoms with Gasteiger partial charge < -0.3 is 4.84 Å². The number of hydrogen-bond acceptors (Lipinski definition) is 5. The minimum absolute atomic E-state index is 0.0662. The summed E-state index contributed by atoms with van der Waals surface area (Å²) in [6, 6.07) is 7.37. The summed E-state index contributed by atoms with van der Waals surface area (Å²) in [6.07, 6.45) is 1.03. The van der Waals surface area contributed by atoms with Crippen LogP contribution in [-0.2, 0) is 36.9 Å². The van der Waals surface area contributed by atoms with Gasteiger partial charge in [-0.25, -0.2) is 4.79 Å². The average molecular weight is 382 g/mol. The Kier molecular flexibility index (Phi) is 6.04. The first-order valence-corrected chi connectivity index (χ1v) is 8.34. The zero-order valence-corrected chi connectivity index (χ0v) is 14.0. The van der Waals surface area contributed by atoms with Gasteiger partial charge in [-0.15, -0.1) is 5.06 Å². The Morgan fingerprint density at radius 2 is 1.61 bits per heavy atom. The van der Waals surface area contributed by atoms with E-state index in [9.17, 15) is 19.2 Å². The van der Waals surface area contributed by atoms with Crippen molar-refractivity contribution >= 4 is 39.5 Å². The number of halogens is 1. The molecule has 2 amide bonds. The van der Waals surface area contributed by atoms with E-state index < -0.39 is 17.8 Å². The number of rotatable bonds is 7. The number of benzene rings is 1. The number of carbonyl (C=O) groups excluding carboxylic acids is 4. The second-order valence-corrected chi connectivity index (χ2v) is 5.77. The third kappa shape index (κ3) is 4.99. The molecule has 0 atom stereocenters. The lowest BCUT2D eigenvalue weighted by Gasteiger charge is -2.12.